The summed E-state index contributed by atoms with van der Waals surface area (Å²) in [4.78, 5) is 0. The number of halogens is 2. The number of hydrogen-bond acceptors (Lipinski definition) is 1. The molecule has 98 valence electrons. The van der Waals surface area contributed by atoms with Gasteiger partial charge in [0.1, 0.15) is 0 Å². The van der Waals surface area contributed by atoms with Crippen molar-refractivity contribution in [3.8, 4) is 11.1 Å². The third kappa shape index (κ3) is 2.38. The van der Waals surface area contributed by atoms with E-state index in [1.807, 2.05) is 18.2 Å². The molecular formula is C16H15F2N. The van der Waals surface area contributed by atoms with Crippen molar-refractivity contribution < 1.29 is 8.78 Å². The van der Waals surface area contributed by atoms with Gasteiger partial charge in [0.05, 0.1) is 0 Å². The predicted molar refractivity (Wildman–Crippen MR) is 72.0 cm³/mol. The first-order valence-electron chi connectivity index (χ1n) is 6.51. The lowest BCUT2D eigenvalue weighted by atomic mass is 9.94. The second kappa shape index (κ2) is 5.10. The molecule has 1 N–H and O–H groups in total. The van der Waals surface area contributed by atoms with Crippen LogP contribution in [0.2, 0.25) is 0 Å². The molecule has 2 aromatic carbocycles. The Kier molecular flexibility index (Phi) is 3.30. The van der Waals surface area contributed by atoms with E-state index in [2.05, 4.69) is 5.32 Å². The quantitative estimate of drug-likeness (QED) is 0.867. The molecule has 1 nitrogen and oxygen atoms in total. The highest BCUT2D eigenvalue weighted by atomic mass is 19.2. The molecular weight excluding hydrogens is 244 g/mol. The molecule has 0 spiro atoms. The molecule has 0 amide bonds. The molecule has 0 aromatic heterocycles. The lowest BCUT2D eigenvalue weighted by Gasteiger charge is -2.12. The van der Waals surface area contributed by atoms with Gasteiger partial charge in [-0.3, -0.25) is 0 Å². The molecule has 19 heavy (non-hydrogen) atoms. The lowest BCUT2D eigenvalue weighted by Crippen LogP contribution is -2.08. The fourth-order valence-electron chi connectivity index (χ4n) is 2.61. The molecule has 1 saturated heterocycles. The Balaban J connectivity index is 2.08. The minimum Gasteiger partial charge on any atom is -0.316 e. The maximum Gasteiger partial charge on any atom is 0.166 e. The third-order valence-corrected chi connectivity index (χ3v) is 3.67. The minimum atomic E-state index is -0.763. The maximum absolute atomic E-state index is 14.0. The Morgan fingerprint density at radius 1 is 1.05 bits per heavy atom. The topological polar surface area (TPSA) is 12.0 Å². The van der Waals surface area contributed by atoms with Crippen molar-refractivity contribution in [2.45, 2.75) is 12.3 Å². The highest BCUT2D eigenvalue weighted by molar-refractivity contribution is 5.65. The molecule has 0 radical (unpaired) electrons. The summed E-state index contributed by atoms with van der Waals surface area (Å²) in [6.45, 7) is 1.77. The summed E-state index contributed by atoms with van der Waals surface area (Å²) in [5, 5.41) is 3.25. The molecule has 0 aliphatic carbocycles. The van der Waals surface area contributed by atoms with E-state index in [1.165, 1.54) is 6.07 Å². The molecule has 2 aromatic rings. The van der Waals surface area contributed by atoms with Crippen LogP contribution >= 0.6 is 0 Å². The fraction of sp³-hybridized carbons (Fsp3) is 0.250. The van der Waals surface area contributed by atoms with Crippen LogP contribution in [0.4, 0.5) is 8.78 Å². The summed E-state index contributed by atoms with van der Waals surface area (Å²) >= 11 is 0. The Bertz CT molecular complexity index is 575. The van der Waals surface area contributed by atoms with Gasteiger partial charge >= 0.3 is 0 Å². The number of rotatable bonds is 2. The van der Waals surface area contributed by atoms with E-state index in [1.54, 1.807) is 18.2 Å². The van der Waals surface area contributed by atoms with Crippen LogP contribution in [0.5, 0.6) is 0 Å². The zero-order valence-corrected chi connectivity index (χ0v) is 10.5. The number of nitrogens with one attached hydrogen (secondary N) is 1. The van der Waals surface area contributed by atoms with E-state index in [-0.39, 0.29) is 5.92 Å². The SMILES string of the molecule is Fc1cc(C2CCNC2)cc(-c2ccccc2)c1F. The first-order chi connectivity index (χ1) is 9.25. The Hall–Kier alpha value is -1.74. The smallest absolute Gasteiger partial charge is 0.166 e. The summed E-state index contributed by atoms with van der Waals surface area (Å²) in [5.74, 6) is -1.25. The summed E-state index contributed by atoms with van der Waals surface area (Å²) in [6.07, 6.45) is 0.972. The molecule has 0 bridgehead atoms. The van der Waals surface area contributed by atoms with E-state index in [9.17, 15) is 8.78 Å². The first-order valence-corrected chi connectivity index (χ1v) is 6.51. The fourth-order valence-corrected chi connectivity index (χ4v) is 2.61. The van der Waals surface area contributed by atoms with Gasteiger partial charge in [-0.05, 0) is 42.1 Å². The van der Waals surface area contributed by atoms with Crippen LogP contribution in [-0.4, -0.2) is 13.1 Å². The largest absolute Gasteiger partial charge is 0.316 e. The molecule has 0 saturated carbocycles. The van der Waals surface area contributed by atoms with Gasteiger partial charge in [0, 0.05) is 12.1 Å². The molecule has 3 heteroatoms. The van der Waals surface area contributed by atoms with Crippen molar-refractivity contribution in [2.75, 3.05) is 13.1 Å². The molecule has 3 rings (SSSR count). The van der Waals surface area contributed by atoms with Crippen molar-refractivity contribution in [3.05, 3.63) is 59.7 Å². The van der Waals surface area contributed by atoms with Crippen molar-refractivity contribution >= 4 is 0 Å². The van der Waals surface area contributed by atoms with E-state index in [0.29, 0.717) is 11.1 Å². The molecule has 1 heterocycles. The first kappa shape index (κ1) is 12.3. The van der Waals surface area contributed by atoms with E-state index < -0.39 is 11.6 Å². The van der Waals surface area contributed by atoms with Crippen molar-refractivity contribution in [2.24, 2.45) is 0 Å². The molecule has 1 atom stereocenters. The Labute approximate surface area is 111 Å². The molecule has 1 aliphatic rings. The second-order valence-electron chi connectivity index (χ2n) is 4.92. The summed E-state index contributed by atoms with van der Waals surface area (Å²) in [5.41, 5.74) is 1.94. The van der Waals surface area contributed by atoms with Crippen LogP contribution in [0.15, 0.2) is 42.5 Å². The van der Waals surface area contributed by atoms with Gasteiger partial charge in [-0.2, -0.15) is 0 Å². The van der Waals surface area contributed by atoms with Gasteiger partial charge in [0.15, 0.2) is 11.6 Å². The van der Waals surface area contributed by atoms with Gasteiger partial charge in [-0.25, -0.2) is 8.78 Å². The Morgan fingerprint density at radius 3 is 2.53 bits per heavy atom. The van der Waals surface area contributed by atoms with Crippen LogP contribution in [0.1, 0.15) is 17.9 Å². The highest BCUT2D eigenvalue weighted by Gasteiger charge is 2.20. The normalized spacial score (nSPS) is 18.7. The van der Waals surface area contributed by atoms with Crippen molar-refractivity contribution in [1.29, 1.82) is 0 Å². The average Bonchev–Trinajstić information content (AvgIpc) is 2.97. The van der Waals surface area contributed by atoms with Gasteiger partial charge < -0.3 is 5.32 Å². The van der Waals surface area contributed by atoms with Crippen LogP contribution in [-0.2, 0) is 0 Å². The summed E-state index contributed by atoms with van der Waals surface area (Å²) < 4.78 is 27.7. The summed E-state index contributed by atoms with van der Waals surface area (Å²) in [7, 11) is 0. The van der Waals surface area contributed by atoms with Gasteiger partial charge in [0.2, 0.25) is 0 Å². The van der Waals surface area contributed by atoms with Crippen LogP contribution in [0, 0.1) is 11.6 Å². The van der Waals surface area contributed by atoms with Crippen molar-refractivity contribution in [1.82, 2.24) is 5.32 Å². The van der Waals surface area contributed by atoms with Gasteiger partial charge in [-0.15, -0.1) is 0 Å². The zero-order valence-electron chi connectivity index (χ0n) is 10.5. The molecule has 1 unspecified atom stereocenters. The Morgan fingerprint density at radius 2 is 1.84 bits per heavy atom. The minimum absolute atomic E-state index is 0.276. The molecule has 1 aliphatic heterocycles. The number of benzene rings is 2. The average molecular weight is 259 g/mol. The van der Waals surface area contributed by atoms with Gasteiger partial charge in [0.25, 0.3) is 0 Å². The van der Waals surface area contributed by atoms with Crippen LogP contribution in [0.25, 0.3) is 11.1 Å². The lowest BCUT2D eigenvalue weighted by molar-refractivity contribution is 0.508. The zero-order chi connectivity index (χ0) is 13.2. The number of hydrogen-bond donors (Lipinski definition) is 1. The predicted octanol–water partition coefficient (Wildman–Crippen LogP) is 3.71. The van der Waals surface area contributed by atoms with Crippen molar-refractivity contribution in [3.63, 3.8) is 0 Å². The van der Waals surface area contributed by atoms with Crippen LogP contribution in [0.3, 0.4) is 0 Å². The summed E-state index contributed by atoms with van der Waals surface area (Å²) in [6, 6.07) is 12.2. The second-order valence-corrected chi connectivity index (χ2v) is 4.92. The maximum atomic E-state index is 14.0. The van der Waals surface area contributed by atoms with E-state index in [0.717, 1.165) is 25.1 Å². The monoisotopic (exact) mass is 259 g/mol. The third-order valence-electron chi connectivity index (χ3n) is 3.67. The standard InChI is InChI=1S/C16H15F2N/c17-15-9-13(12-6-7-19-10-12)8-14(16(15)18)11-4-2-1-3-5-11/h1-5,8-9,12,19H,6-7,10H2. The molecule has 1 fully saturated rings. The highest BCUT2D eigenvalue weighted by Crippen LogP contribution is 2.31. The van der Waals surface area contributed by atoms with Crippen LogP contribution < -0.4 is 5.32 Å². The van der Waals surface area contributed by atoms with Gasteiger partial charge in [-0.1, -0.05) is 30.3 Å². The van der Waals surface area contributed by atoms with E-state index in [4.69, 9.17) is 0 Å². The van der Waals surface area contributed by atoms with E-state index >= 15 is 0 Å².